The first kappa shape index (κ1) is 14.9. The lowest BCUT2D eigenvalue weighted by atomic mass is 10.1. The maximum atomic E-state index is 11.1. The van der Waals surface area contributed by atoms with Gasteiger partial charge in [0.15, 0.2) is 5.82 Å². The van der Waals surface area contributed by atoms with Crippen molar-refractivity contribution in [1.82, 2.24) is 20.4 Å². The monoisotopic (exact) mass is 323 g/mol. The molecular weight excluding hydrogens is 310 g/mol. The molecule has 0 radical (unpaired) electrons. The first-order valence-electron chi connectivity index (χ1n) is 6.75. The van der Waals surface area contributed by atoms with Gasteiger partial charge in [-0.05, 0) is 19.2 Å². The Kier molecular flexibility index (Phi) is 4.06. The average Bonchev–Trinajstić information content (AvgIpc) is 2.97. The molecule has 0 spiro atoms. The quantitative estimate of drug-likeness (QED) is 0.680. The maximum Gasteiger partial charge on any atom is 0.282 e. The Morgan fingerprint density at radius 2 is 2.36 bits per heavy atom. The molecule has 116 valence electrons. The number of nitro groups is 1. The third-order valence-electron chi connectivity index (χ3n) is 3.64. The van der Waals surface area contributed by atoms with E-state index in [2.05, 4.69) is 20.4 Å². The molecule has 1 aliphatic rings. The highest BCUT2D eigenvalue weighted by Crippen LogP contribution is 2.32. The molecule has 1 atom stereocenters. The number of nitro benzene ring substituents is 1. The summed E-state index contributed by atoms with van der Waals surface area (Å²) >= 11 is 5.92. The fraction of sp³-hybridized carbons (Fsp3) is 0.385. The Labute approximate surface area is 131 Å². The van der Waals surface area contributed by atoms with Crippen LogP contribution >= 0.6 is 11.6 Å². The van der Waals surface area contributed by atoms with Crippen LogP contribution in [0.3, 0.4) is 0 Å². The van der Waals surface area contributed by atoms with Crippen LogP contribution in [0.25, 0.3) is 11.5 Å². The summed E-state index contributed by atoms with van der Waals surface area (Å²) in [6.07, 6.45) is 0. The van der Waals surface area contributed by atoms with Crippen molar-refractivity contribution in [1.29, 1.82) is 0 Å². The summed E-state index contributed by atoms with van der Waals surface area (Å²) in [5, 5.41) is 18.7. The number of benzene rings is 1. The van der Waals surface area contributed by atoms with Crippen molar-refractivity contribution in [3.05, 3.63) is 39.2 Å². The molecule has 1 unspecified atom stereocenters. The number of nitrogens with one attached hydrogen (secondary N) is 1. The molecule has 22 heavy (non-hydrogen) atoms. The van der Waals surface area contributed by atoms with E-state index in [1.165, 1.54) is 18.2 Å². The Balaban J connectivity index is 1.97. The molecule has 3 rings (SSSR count). The Bertz CT molecular complexity index is 705. The average molecular weight is 324 g/mol. The zero-order chi connectivity index (χ0) is 15.7. The van der Waals surface area contributed by atoms with E-state index < -0.39 is 4.92 Å². The largest absolute Gasteiger partial charge is 0.334 e. The molecule has 2 aromatic rings. The van der Waals surface area contributed by atoms with Crippen molar-refractivity contribution in [2.75, 3.05) is 26.7 Å². The van der Waals surface area contributed by atoms with Gasteiger partial charge >= 0.3 is 0 Å². The Hall–Kier alpha value is -2.03. The standard InChI is InChI=1S/C13H14ClN5O3/c1-18-5-4-15-7-11(18)12-16-13(22-17-12)9-6-8(14)2-3-10(9)19(20)21/h2-3,6,11,15H,4-5,7H2,1H3. The van der Waals surface area contributed by atoms with Crippen molar-refractivity contribution < 1.29 is 9.45 Å². The van der Waals surface area contributed by atoms with Gasteiger partial charge in [0.25, 0.3) is 11.6 Å². The molecule has 1 fully saturated rings. The number of hydrogen-bond acceptors (Lipinski definition) is 7. The van der Waals surface area contributed by atoms with Crippen molar-refractivity contribution in [2.45, 2.75) is 6.04 Å². The van der Waals surface area contributed by atoms with E-state index in [0.717, 1.165) is 13.1 Å². The van der Waals surface area contributed by atoms with E-state index >= 15 is 0 Å². The first-order valence-corrected chi connectivity index (χ1v) is 7.13. The Morgan fingerprint density at radius 1 is 1.55 bits per heavy atom. The predicted octanol–water partition coefficient (Wildman–Crippen LogP) is 1.87. The van der Waals surface area contributed by atoms with E-state index in [1.54, 1.807) is 0 Å². The smallest absolute Gasteiger partial charge is 0.282 e. The molecule has 1 saturated heterocycles. The number of aromatic nitrogens is 2. The molecule has 9 heteroatoms. The van der Waals surface area contributed by atoms with Gasteiger partial charge in [0.2, 0.25) is 0 Å². The van der Waals surface area contributed by atoms with Crippen molar-refractivity contribution >= 4 is 17.3 Å². The lowest BCUT2D eigenvalue weighted by Gasteiger charge is -2.30. The molecule has 0 bridgehead atoms. The SMILES string of the molecule is CN1CCNCC1c1noc(-c2cc(Cl)ccc2[N+](=O)[O-])n1. The number of rotatable bonds is 3. The Morgan fingerprint density at radius 3 is 3.09 bits per heavy atom. The fourth-order valence-electron chi connectivity index (χ4n) is 2.41. The topological polar surface area (TPSA) is 97.3 Å². The number of hydrogen-bond donors (Lipinski definition) is 1. The van der Waals surface area contributed by atoms with Crippen LogP contribution in [-0.2, 0) is 0 Å². The molecule has 1 aliphatic heterocycles. The molecule has 8 nitrogen and oxygen atoms in total. The lowest BCUT2D eigenvalue weighted by Crippen LogP contribution is -2.44. The van der Waals surface area contributed by atoms with E-state index in [-0.39, 0.29) is 23.2 Å². The second-order valence-corrected chi connectivity index (χ2v) is 5.51. The second kappa shape index (κ2) is 5.99. The van der Waals surface area contributed by atoms with Gasteiger partial charge in [-0.25, -0.2) is 0 Å². The summed E-state index contributed by atoms with van der Waals surface area (Å²) < 4.78 is 5.22. The summed E-state index contributed by atoms with van der Waals surface area (Å²) in [5.41, 5.74) is 0.109. The van der Waals surface area contributed by atoms with Crippen molar-refractivity contribution in [3.63, 3.8) is 0 Å². The van der Waals surface area contributed by atoms with E-state index in [0.29, 0.717) is 17.4 Å². The second-order valence-electron chi connectivity index (χ2n) is 5.08. The van der Waals surface area contributed by atoms with E-state index in [9.17, 15) is 10.1 Å². The van der Waals surface area contributed by atoms with Crippen LogP contribution in [0.1, 0.15) is 11.9 Å². The summed E-state index contributed by atoms with van der Waals surface area (Å²) in [5.74, 6) is 0.599. The van der Waals surface area contributed by atoms with Crippen LogP contribution in [0.5, 0.6) is 0 Å². The highest BCUT2D eigenvalue weighted by Gasteiger charge is 2.27. The maximum absolute atomic E-state index is 11.1. The fourth-order valence-corrected chi connectivity index (χ4v) is 2.58. The van der Waals surface area contributed by atoms with E-state index in [1.807, 2.05) is 7.05 Å². The van der Waals surface area contributed by atoms with Gasteiger partial charge in [-0.1, -0.05) is 16.8 Å². The molecule has 1 aromatic heterocycles. The van der Waals surface area contributed by atoms with Crippen molar-refractivity contribution in [2.24, 2.45) is 0 Å². The van der Waals surface area contributed by atoms with Gasteiger partial charge in [0, 0.05) is 30.7 Å². The minimum Gasteiger partial charge on any atom is -0.334 e. The molecule has 1 N–H and O–H groups in total. The lowest BCUT2D eigenvalue weighted by molar-refractivity contribution is -0.384. The predicted molar refractivity (Wildman–Crippen MR) is 79.6 cm³/mol. The minimum atomic E-state index is -0.496. The number of likely N-dealkylation sites (N-methyl/N-ethyl adjacent to an activating group) is 1. The molecule has 0 saturated carbocycles. The third kappa shape index (κ3) is 2.80. The van der Waals surface area contributed by atoms with Gasteiger partial charge in [-0.15, -0.1) is 0 Å². The number of halogens is 1. The van der Waals surface area contributed by atoms with Crippen LogP contribution < -0.4 is 5.32 Å². The van der Waals surface area contributed by atoms with Crippen LogP contribution in [0.15, 0.2) is 22.7 Å². The van der Waals surface area contributed by atoms with Crippen LogP contribution in [0.2, 0.25) is 5.02 Å². The van der Waals surface area contributed by atoms with Crippen molar-refractivity contribution in [3.8, 4) is 11.5 Å². The van der Waals surface area contributed by atoms with E-state index in [4.69, 9.17) is 16.1 Å². The van der Waals surface area contributed by atoms with Gasteiger partial charge in [-0.3, -0.25) is 15.0 Å². The summed E-state index contributed by atoms with van der Waals surface area (Å²) in [6.45, 7) is 2.47. The first-order chi connectivity index (χ1) is 10.6. The summed E-state index contributed by atoms with van der Waals surface area (Å²) in [6, 6.07) is 4.22. The minimum absolute atomic E-state index is 0.0236. The number of piperazine rings is 1. The zero-order valence-electron chi connectivity index (χ0n) is 11.8. The van der Waals surface area contributed by atoms with Crippen LogP contribution in [0, 0.1) is 10.1 Å². The van der Waals surface area contributed by atoms with Gasteiger partial charge < -0.3 is 9.84 Å². The highest BCUT2D eigenvalue weighted by atomic mass is 35.5. The molecule has 0 aliphatic carbocycles. The highest BCUT2D eigenvalue weighted by molar-refractivity contribution is 6.31. The third-order valence-corrected chi connectivity index (χ3v) is 3.87. The van der Waals surface area contributed by atoms with Gasteiger partial charge in [-0.2, -0.15) is 4.98 Å². The zero-order valence-corrected chi connectivity index (χ0v) is 12.6. The summed E-state index contributed by atoms with van der Waals surface area (Å²) in [7, 11) is 1.98. The van der Waals surface area contributed by atoms with Gasteiger partial charge in [0.05, 0.1) is 11.0 Å². The summed E-state index contributed by atoms with van der Waals surface area (Å²) in [4.78, 5) is 17.0. The normalized spacial score (nSPS) is 19.3. The molecule has 1 aromatic carbocycles. The molecule has 2 heterocycles. The molecule has 0 amide bonds. The number of nitrogens with zero attached hydrogens (tertiary/aromatic N) is 4. The van der Waals surface area contributed by atoms with Crippen LogP contribution in [0.4, 0.5) is 5.69 Å². The van der Waals surface area contributed by atoms with Crippen LogP contribution in [-0.4, -0.2) is 46.6 Å². The molecular formula is C13H14ClN5O3. The van der Waals surface area contributed by atoms with Gasteiger partial charge in [0.1, 0.15) is 5.56 Å².